The van der Waals surface area contributed by atoms with Crippen molar-refractivity contribution >= 4 is 10.0 Å². The summed E-state index contributed by atoms with van der Waals surface area (Å²) >= 11 is 0. The van der Waals surface area contributed by atoms with Crippen LogP contribution in [0.25, 0.3) is 0 Å². The highest BCUT2D eigenvalue weighted by atomic mass is 32.2. The van der Waals surface area contributed by atoms with Gasteiger partial charge in [0.1, 0.15) is 22.3 Å². The fourth-order valence-corrected chi connectivity index (χ4v) is 2.57. The number of halogens is 2. The SMILES string of the molecule is Cc1nc(CNS(=O)(=O)c2ccc(F)cc2F)oc1C. The van der Waals surface area contributed by atoms with Gasteiger partial charge in [0.15, 0.2) is 0 Å². The van der Waals surface area contributed by atoms with Crippen molar-refractivity contribution in [3.8, 4) is 0 Å². The quantitative estimate of drug-likeness (QED) is 0.938. The Kier molecular flexibility index (Phi) is 3.87. The molecule has 2 rings (SSSR count). The smallest absolute Gasteiger partial charge is 0.243 e. The number of nitrogens with one attached hydrogen (secondary N) is 1. The first-order valence-corrected chi connectivity index (χ1v) is 7.15. The van der Waals surface area contributed by atoms with Gasteiger partial charge in [0.25, 0.3) is 0 Å². The van der Waals surface area contributed by atoms with Gasteiger partial charge in [0.05, 0.1) is 12.2 Å². The molecule has 0 fully saturated rings. The molecule has 5 nitrogen and oxygen atoms in total. The number of benzene rings is 1. The average Bonchev–Trinajstić information content (AvgIpc) is 2.66. The molecule has 0 amide bonds. The molecular formula is C12H12F2N2O3S. The highest BCUT2D eigenvalue weighted by molar-refractivity contribution is 7.89. The van der Waals surface area contributed by atoms with E-state index in [-0.39, 0.29) is 12.4 Å². The van der Waals surface area contributed by atoms with Crippen molar-refractivity contribution in [1.29, 1.82) is 0 Å². The Morgan fingerprint density at radius 2 is 2.00 bits per heavy atom. The monoisotopic (exact) mass is 302 g/mol. The van der Waals surface area contributed by atoms with Gasteiger partial charge in [-0.25, -0.2) is 26.9 Å². The lowest BCUT2D eigenvalue weighted by atomic mass is 10.3. The van der Waals surface area contributed by atoms with E-state index in [0.717, 1.165) is 12.1 Å². The van der Waals surface area contributed by atoms with E-state index in [0.29, 0.717) is 17.5 Å². The van der Waals surface area contributed by atoms with Gasteiger partial charge < -0.3 is 4.42 Å². The molecule has 20 heavy (non-hydrogen) atoms. The zero-order valence-electron chi connectivity index (χ0n) is 10.8. The second kappa shape index (κ2) is 5.29. The van der Waals surface area contributed by atoms with Gasteiger partial charge in [-0.15, -0.1) is 0 Å². The van der Waals surface area contributed by atoms with Crippen LogP contribution in [0.3, 0.4) is 0 Å². The fourth-order valence-electron chi connectivity index (χ4n) is 1.54. The molecule has 0 bridgehead atoms. The van der Waals surface area contributed by atoms with E-state index in [1.54, 1.807) is 13.8 Å². The molecule has 0 saturated heterocycles. The lowest BCUT2D eigenvalue weighted by Crippen LogP contribution is -2.24. The third-order valence-corrected chi connectivity index (χ3v) is 4.10. The zero-order valence-corrected chi connectivity index (χ0v) is 11.6. The predicted octanol–water partition coefficient (Wildman–Crippen LogP) is 2.05. The summed E-state index contributed by atoms with van der Waals surface area (Å²) in [4.78, 5) is 3.37. The molecular weight excluding hydrogens is 290 g/mol. The predicted molar refractivity (Wildman–Crippen MR) is 66.4 cm³/mol. The number of aromatic nitrogens is 1. The standard InChI is InChI=1S/C12H12F2N2O3S/c1-7-8(2)19-12(16-7)6-15-20(17,18)11-4-3-9(13)5-10(11)14/h3-5,15H,6H2,1-2H3. The fraction of sp³-hybridized carbons (Fsp3) is 0.250. The molecule has 0 radical (unpaired) electrons. The number of hydrogen-bond acceptors (Lipinski definition) is 4. The van der Waals surface area contributed by atoms with E-state index < -0.39 is 26.6 Å². The molecule has 0 saturated carbocycles. The minimum atomic E-state index is -4.10. The summed E-state index contributed by atoms with van der Waals surface area (Å²) in [6.45, 7) is 3.20. The molecule has 1 heterocycles. The van der Waals surface area contributed by atoms with E-state index in [2.05, 4.69) is 9.71 Å². The molecule has 1 aromatic carbocycles. The van der Waals surface area contributed by atoms with Crippen LogP contribution in [-0.4, -0.2) is 13.4 Å². The lowest BCUT2D eigenvalue weighted by molar-refractivity contribution is 0.462. The molecule has 0 unspecified atom stereocenters. The van der Waals surface area contributed by atoms with Gasteiger partial charge in [-0.1, -0.05) is 0 Å². The summed E-state index contributed by atoms with van der Waals surface area (Å²) in [5.74, 6) is -1.25. The second-order valence-electron chi connectivity index (χ2n) is 4.15. The minimum absolute atomic E-state index is 0.172. The maximum Gasteiger partial charge on any atom is 0.243 e. The molecule has 0 aliphatic rings. The van der Waals surface area contributed by atoms with Crippen LogP contribution in [0.4, 0.5) is 8.78 Å². The van der Waals surface area contributed by atoms with E-state index in [1.807, 2.05) is 0 Å². The van der Waals surface area contributed by atoms with E-state index in [9.17, 15) is 17.2 Å². The minimum Gasteiger partial charge on any atom is -0.444 e. The number of nitrogens with zero attached hydrogens (tertiary/aromatic N) is 1. The molecule has 2 aromatic rings. The summed E-state index contributed by atoms with van der Waals surface area (Å²) in [6, 6.07) is 2.24. The highest BCUT2D eigenvalue weighted by Gasteiger charge is 2.20. The van der Waals surface area contributed by atoms with Crippen LogP contribution in [0.2, 0.25) is 0 Å². The molecule has 1 aromatic heterocycles. The Morgan fingerprint density at radius 3 is 2.55 bits per heavy atom. The van der Waals surface area contributed by atoms with Crippen molar-refractivity contribution in [2.75, 3.05) is 0 Å². The summed E-state index contributed by atoms with van der Waals surface area (Å²) in [6.07, 6.45) is 0. The van der Waals surface area contributed by atoms with Gasteiger partial charge >= 0.3 is 0 Å². The maximum atomic E-state index is 13.4. The normalized spacial score (nSPS) is 11.8. The van der Waals surface area contributed by atoms with Crippen LogP contribution in [0.15, 0.2) is 27.5 Å². The maximum absolute atomic E-state index is 13.4. The van der Waals surface area contributed by atoms with Crippen LogP contribution < -0.4 is 4.72 Å². The van der Waals surface area contributed by atoms with Crippen LogP contribution in [0.5, 0.6) is 0 Å². The molecule has 108 valence electrons. The Balaban J connectivity index is 2.19. The Labute approximate surface area is 114 Å². The molecule has 0 atom stereocenters. The van der Waals surface area contributed by atoms with Gasteiger partial charge in [0, 0.05) is 6.07 Å². The molecule has 1 N–H and O–H groups in total. The first-order valence-electron chi connectivity index (χ1n) is 5.67. The number of aryl methyl sites for hydroxylation is 2. The number of oxazole rings is 1. The second-order valence-corrected chi connectivity index (χ2v) is 5.88. The van der Waals surface area contributed by atoms with Crippen molar-refractivity contribution in [3.05, 3.63) is 47.2 Å². The summed E-state index contributed by atoms with van der Waals surface area (Å²) in [5.41, 5.74) is 0.646. The summed E-state index contributed by atoms with van der Waals surface area (Å²) in [5, 5.41) is 0. The number of hydrogen-bond donors (Lipinski definition) is 1. The zero-order chi connectivity index (χ0) is 14.9. The lowest BCUT2D eigenvalue weighted by Gasteiger charge is -2.05. The van der Waals surface area contributed by atoms with E-state index >= 15 is 0 Å². The Bertz CT molecular complexity index is 722. The van der Waals surface area contributed by atoms with Crippen molar-refractivity contribution in [3.63, 3.8) is 0 Å². The van der Waals surface area contributed by atoms with Gasteiger partial charge in [-0.3, -0.25) is 0 Å². The molecule has 8 heteroatoms. The topological polar surface area (TPSA) is 72.2 Å². The Morgan fingerprint density at radius 1 is 1.30 bits per heavy atom. The molecule has 0 aliphatic heterocycles. The van der Waals surface area contributed by atoms with Crippen LogP contribution in [0, 0.1) is 25.5 Å². The Hall–Kier alpha value is -1.80. The number of sulfonamides is 1. The van der Waals surface area contributed by atoms with Crippen LogP contribution in [-0.2, 0) is 16.6 Å². The third-order valence-electron chi connectivity index (χ3n) is 2.67. The van der Waals surface area contributed by atoms with Gasteiger partial charge in [0.2, 0.25) is 15.9 Å². The largest absolute Gasteiger partial charge is 0.444 e. The average molecular weight is 302 g/mol. The van der Waals surface area contributed by atoms with Gasteiger partial charge in [-0.2, -0.15) is 0 Å². The van der Waals surface area contributed by atoms with E-state index in [4.69, 9.17) is 4.42 Å². The number of rotatable bonds is 4. The van der Waals surface area contributed by atoms with Crippen LogP contribution in [0.1, 0.15) is 17.3 Å². The van der Waals surface area contributed by atoms with E-state index in [1.165, 1.54) is 0 Å². The summed E-state index contributed by atoms with van der Waals surface area (Å²) in [7, 11) is -4.10. The first-order chi connectivity index (χ1) is 9.29. The third kappa shape index (κ3) is 3.02. The summed E-state index contributed by atoms with van der Waals surface area (Å²) < 4.78 is 57.3. The first kappa shape index (κ1) is 14.6. The molecule has 0 aliphatic carbocycles. The van der Waals surface area contributed by atoms with Gasteiger partial charge in [-0.05, 0) is 26.0 Å². The molecule has 0 spiro atoms. The highest BCUT2D eigenvalue weighted by Crippen LogP contribution is 2.16. The van der Waals surface area contributed by atoms with Crippen molar-refractivity contribution < 1.29 is 21.6 Å². The van der Waals surface area contributed by atoms with Crippen molar-refractivity contribution in [2.24, 2.45) is 0 Å². The van der Waals surface area contributed by atoms with Crippen LogP contribution >= 0.6 is 0 Å². The van der Waals surface area contributed by atoms with Crippen molar-refractivity contribution in [1.82, 2.24) is 9.71 Å². The van der Waals surface area contributed by atoms with Crippen molar-refractivity contribution in [2.45, 2.75) is 25.3 Å².